The Morgan fingerprint density at radius 1 is 1.35 bits per heavy atom. The molecule has 1 aromatic heterocycles. The van der Waals surface area contributed by atoms with Crippen LogP contribution in [0.2, 0.25) is 5.15 Å². The van der Waals surface area contributed by atoms with Gasteiger partial charge < -0.3 is 10.6 Å². The quantitative estimate of drug-likeness (QED) is 0.759. The predicted octanol–water partition coefficient (Wildman–Crippen LogP) is 3.51. The lowest BCUT2D eigenvalue weighted by atomic mass is 10.2. The summed E-state index contributed by atoms with van der Waals surface area (Å²) < 4.78 is 1.74. The number of amides is 2. The molecule has 2 aromatic rings. The van der Waals surface area contributed by atoms with Crippen LogP contribution in [0.25, 0.3) is 6.08 Å². The van der Waals surface area contributed by atoms with Gasteiger partial charge in [-0.3, -0.25) is 14.3 Å². The average Bonchev–Trinajstić information content (AvgIpc) is 2.85. The van der Waals surface area contributed by atoms with Gasteiger partial charge in [0.1, 0.15) is 5.15 Å². The van der Waals surface area contributed by atoms with Crippen LogP contribution in [-0.4, -0.2) is 28.6 Å². The van der Waals surface area contributed by atoms with Crippen LogP contribution >= 0.6 is 11.6 Å². The molecular weight excluding hydrogens is 352 g/mol. The molecule has 0 atom stereocenters. The summed E-state index contributed by atoms with van der Waals surface area (Å²) in [6.07, 6.45) is 3.06. The number of rotatable bonds is 6. The molecule has 0 aliphatic rings. The molecule has 0 aliphatic carbocycles. The lowest BCUT2D eigenvalue weighted by Gasteiger charge is -2.06. The minimum atomic E-state index is -0.314. The van der Waals surface area contributed by atoms with Crippen molar-refractivity contribution in [3.8, 4) is 0 Å². The van der Waals surface area contributed by atoms with Crippen molar-refractivity contribution in [2.24, 2.45) is 5.92 Å². The number of hydrogen-bond acceptors (Lipinski definition) is 3. The number of carbonyl (C=O) groups excluding carboxylic acids is 2. The second-order valence-electron chi connectivity index (χ2n) is 6.35. The molecule has 6 nitrogen and oxygen atoms in total. The van der Waals surface area contributed by atoms with Gasteiger partial charge in [-0.05, 0) is 37.1 Å². The van der Waals surface area contributed by atoms with Gasteiger partial charge in [-0.1, -0.05) is 31.5 Å². The van der Waals surface area contributed by atoms with E-state index in [4.69, 9.17) is 11.6 Å². The van der Waals surface area contributed by atoms with Crippen LogP contribution in [0.5, 0.6) is 0 Å². The Hall–Kier alpha value is -2.60. The van der Waals surface area contributed by atoms with E-state index in [1.165, 1.54) is 6.08 Å². The van der Waals surface area contributed by atoms with E-state index < -0.39 is 0 Å². The Morgan fingerprint density at radius 2 is 2.08 bits per heavy atom. The monoisotopic (exact) mass is 374 g/mol. The number of benzene rings is 1. The number of aryl methyl sites for hydroxylation is 1. The minimum absolute atomic E-state index is 0.211. The largest absolute Gasteiger partial charge is 0.355 e. The molecule has 0 unspecified atom stereocenters. The zero-order chi connectivity index (χ0) is 19.3. The topological polar surface area (TPSA) is 76.0 Å². The van der Waals surface area contributed by atoms with E-state index in [-0.39, 0.29) is 11.8 Å². The number of nitrogens with zero attached hydrogens (tertiary/aromatic N) is 2. The van der Waals surface area contributed by atoms with Crippen molar-refractivity contribution >= 4 is 35.2 Å². The van der Waals surface area contributed by atoms with Crippen LogP contribution in [0, 0.1) is 12.8 Å². The first-order valence-electron chi connectivity index (χ1n) is 8.36. The van der Waals surface area contributed by atoms with E-state index in [1.807, 2.05) is 6.92 Å². The number of hydrogen-bond donors (Lipinski definition) is 2. The highest BCUT2D eigenvalue weighted by Gasteiger charge is 2.12. The smallest absolute Gasteiger partial charge is 0.251 e. The first-order chi connectivity index (χ1) is 12.3. The van der Waals surface area contributed by atoms with Crippen molar-refractivity contribution in [3.05, 3.63) is 52.3 Å². The maximum absolute atomic E-state index is 12.2. The summed E-state index contributed by atoms with van der Waals surface area (Å²) in [6, 6.07) is 6.72. The number of halogens is 1. The van der Waals surface area contributed by atoms with Crippen LogP contribution in [0.3, 0.4) is 0 Å². The molecule has 2 amide bonds. The SMILES string of the molecule is CNC(=O)c1cccc(NC(=O)/C=C\c2c(C)nn(CC(C)C)c2Cl)c1. The third kappa shape index (κ3) is 4.95. The molecule has 2 N–H and O–H groups in total. The third-order valence-corrected chi connectivity index (χ3v) is 4.07. The lowest BCUT2D eigenvalue weighted by molar-refractivity contribution is -0.111. The van der Waals surface area contributed by atoms with Crippen LogP contribution in [-0.2, 0) is 11.3 Å². The van der Waals surface area contributed by atoms with Gasteiger partial charge in [-0.2, -0.15) is 5.10 Å². The molecule has 0 saturated heterocycles. The van der Waals surface area contributed by atoms with Crippen molar-refractivity contribution in [3.63, 3.8) is 0 Å². The van der Waals surface area contributed by atoms with Gasteiger partial charge >= 0.3 is 0 Å². The van der Waals surface area contributed by atoms with Gasteiger partial charge in [0, 0.05) is 36.5 Å². The molecule has 0 saturated carbocycles. The predicted molar refractivity (Wildman–Crippen MR) is 104 cm³/mol. The van der Waals surface area contributed by atoms with E-state index in [0.717, 1.165) is 11.3 Å². The van der Waals surface area contributed by atoms with E-state index in [1.54, 1.807) is 42.1 Å². The molecule has 2 rings (SSSR count). The van der Waals surface area contributed by atoms with Gasteiger partial charge in [-0.15, -0.1) is 0 Å². The fourth-order valence-electron chi connectivity index (χ4n) is 2.45. The normalized spacial score (nSPS) is 11.2. The maximum atomic E-state index is 12.2. The van der Waals surface area contributed by atoms with E-state index in [0.29, 0.717) is 28.9 Å². The summed E-state index contributed by atoms with van der Waals surface area (Å²) in [4.78, 5) is 23.8. The van der Waals surface area contributed by atoms with Gasteiger partial charge in [0.05, 0.1) is 5.69 Å². The van der Waals surface area contributed by atoms with Crippen LogP contribution in [0.1, 0.15) is 35.5 Å². The Kier molecular flexibility index (Phi) is 6.58. The van der Waals surface area contributed by atoms with Crippen molar-refractivity contribution < 1.29 is 9.59 Å². The summed E-state index contributed by atoms with van der Waals surface area (Å²) in [5, 5.41) is 10.2. The van der Waals surface area contributed by atoms with Gasteiger partial charge in [0.2, 0.25) is 5.91 Å². The summed E-state index contributed by atoms with van der Waals surface area (Å²) in [5.74, 6) is -0.109. The Bertz CT molecular complexity index is 840. The molecule has 0 aliphatic heterocycles. The summed E-state index contributed by atoms with van der Waals surface area (Å²) >= 11 is 6.36. The van der Waals surface area contributed by atoms with E-state index in [9.17, 15) is 9.59 Å². The highest BCUT2D eigenvalue weighted by Crippen LogP contribution is 2.22. The van der Waals surface area contributed by atoms with Crippen molar-refractivity contribution in [1.82, 2.24) is 15.1 Å². The average molecular weight is 375 g/mol. The Balaban J connectivity index is 2.11. The lowest BCUT2D eigenvalue weighted by Crippen LogP contribution is -2.18. The standard InChI is InChI=1S/C19H23ClN4O2/c1-12(2)11-24-18(20)16(13(3)23-24)8-9-17(25)22-15-7-5-6-14(10-15)19(26)21-4/h5-10,12H,11H2,1-4H3,(H,21,26)(H,22,25)/b9-8-. The molecule has 0 fully saturated rings. The zero-order valence-electron chi connectivity index (χ0n) is 15.3. The third-order valence-electron chi connectivity index (χ3n) is 3.67. The number of carbonyl (C=O) groups is 2. The molecule has 0 radical (unpaired) electrons. The molecule has 0 bridgehead atoms. The fourth-order valence-corrected chi connectivity index (χ4v) is 2.76. The van der Waals surface area contributed by atoms with E-state index in [2.05, 4.69) is 29.6 Å². The van der Waals surface area contributed by atoms with Crippen molar-refractivity contribution in [1.29, 1.82) is 0 Å². The van der Waals surface area contributed by atoms with Crippen LogP contribution in [0.4, 0.5) is 5.69 Å². The molecule has 26 heavy (non-hydrogen) atoms. The Morgan fingerprint density at radius 3 is 2.73 bits per heavy atom. The van der Waals surface area contributed by atoms with Crippen LogP contribution in [0.15, 0.2) is 30.3 Å². The fraction of sp³-hybridized carbons (Fsp3) is 0.316. The van der Waals surface area contributed by atoms with Gasteiger partial charge in [0.25, 0.3) is 5.91 Å². The van der Waals surface area contributed by atoms with Crippen molar-refractivity contribution in [2.45, 2.75) is 27.3 Å². The molecule has 1 heterocycles. The summed E-state index contributed by atoms with van der Waals surface area (Å²) in [5.41, 5.74) is 2.50. The van der Waals surface area contributed by atoms with Gasteiger partial charge in [-0.25, -0.2) is 0 Å². The molecule has 138 valence electrons. The molecular formula is C19H23ClN4O2. The highest BCUT2D eigenvalue weighted by atomic mass is 35.5. The molecule has 7 heteroatoms. The van der Waals surface area contributed by atoms with Crippen molar-refractivity contribution in [2.75, 3.05) is 12.4 Å². The maximum Gasteiger partial charge on any atom is 0.251 e. The zero-order valence-corrected chi connectivity index (χ0v) is 16.1. The van der Waals surface area contributed by atoms with E-state index >= 15 is 0 Å². The summed E-state index contributed by atoms with van der Waals surface area (Å²) in [6.45, 7) is 6.74. The Labute approximate surface area is 158 Å². The molecule has 1 aromatic carbocycles. The number of anilines is 1. The summed E-state index contributed by atoms with van der Waals surface area (Å²) in [7, 11) is 1.56. The van der Waals surface area contributed by atoms with Gasteiger partial charge in [0.15, 0.2) is 0 Å². The highest BCUT2D eigenvalue weighted by molar-refractivity contribution is 6.31. The number of nitrogens with one attached hydrogen (secondary N) is 2. The van der Waals surface area contributed by atoms with Crippen LogP contribution < -0.4 is 10.6 Å². The first-order valence-corrected chi connectivity index (χ1v) is 8.73. The first kappa shape index (κ1) is 19.7. The second-order valence-corrected chi connectivity index (χ2v) is 6.71. The second kappa shape index (κ2) is 8.67. The minimum Gasteiger partial charge on any atom is -0.355 e. The molecule has 0 spiro atoms. The number of aromatic nitrogens is 2.